The summed E-state index contributed by atoms with van der Waals surface area (Å²) in [5.74, 6) is -2.12. The van der Waals surface area contributed by atoms with Crippen molar-refractivity contribution >= 4 is 11.9 Å². The van der Waals surface area contributed by atoms with E-state index in [1.807, 2.05) is 0 Å². The predicted octanol–water partition coefficient (Wildman–Crippen LogP) is -0.195. The molecule has 15 heavy (non-hydrogen) atoms. The summed E-state index contributed by atoms with van der Waals surface area (Å²) in [5, 5.41) is 32.8. The molecule has 0 saturated heterocycles. The molecule has 0 unspecified atom stereocenters. The van der Waals surface area contributed by atoms with E-state index in [0.29, 0.717) is 0 Å². The Labute approximate surface area is 87.6 Å². The van der Waals surface area contributed by atoms with Gasteiger partial charge in [0, 0.05) is 13.8 Å². The average molecular weight is 215 g/mol. The van der Waals surface area contributed by atoms with E-state index in [2.05, 4.69) is 5.32 Å². The van der Waals surface area contributed by atoms with Crippen molar-refractivity contribution in [1.82, 2.24) is 5.32 Å². The Bertz CT molecular complexity index is 226. The molecule has 0 fully saturated rings. The van der Waals surface area contributed by atoms with Gasteiger partial charge in [-0.05, 0) is 0 Å². The molecule has 0 amide bonds. The zero-order valence-corrected chi connectivity index (χ0v) is 8.52. The third kappa shape index (κ3) is 77.0. The second kappa shape index (κ2) is 17.8. The van der Waals surface area contributed by atoms with Crippen LogP contribution in [0.3, 0.4) is 0 Å². The molecule has 0 saturated carbocycles. The van der Waals surface area contributed by atoms with Gasteiger partial charge in [-0.2, -0.15) is 10.5 Å². The van der Waals surface area contributed by atoms with Gasteiger partial charge in [0.15, 0.2) is 0 Å². The average Bonchev–Trinajstić information content (AvgIpc) is 2.05. The third-order valence-corrected chi connectivity index (χ3v) is 0.552. The molecule has 0 atom stereocenters. The van der Waals surface area contributed by atoms with Gasteiger partial charge in [0.2, 0.25) is 0 Å². The number of nitrogens with zero attached hydrogens (tertiary/aromatic N) is 2. The topological polar surface area (TPSA) is 134 Å². The number of nitriles is 2. The van der Waals surface area contributed by atoms with Crippen LogP contribution < -0.4 is 5.32 Å². The fourth-order valence-electron chi connectivity index (χ4n) is 0.276. The Kier molecular flexibility index (Phi) is 22.1. The Morgan fingerprint density at radius 3 is 1.40 bits per heavy atom. The summed E-state index contributed by atoms with van der Waals surface area (Å²) >= 11 is 0. The lowest BCUT2D eigenvalue weighted by atomic mass is 10.6. The highest BCUT2D eigenvalue weighted by Crippen LogP contribution is 1.61. The maximum Gasteiger partial charge on any atom is 0.317 e. The lowest BCUT2D eigenvalue weighted by Gasteiger charge is -1.93. The van der Waals surface area contributed by atoms with Crippen LogP contribution in [0.25, 0.3) is 0 Å². The van der Waals surface area contributed by atoms with Crippen molar-refractivity contribution in [2.45, 2.75) is 13.8 Å². The van der Waals surface area contributed by atoms with Crippen LogP contribution in [0.4, 0.5) is 0 Å². The molecule has 0 aromatic carbocycles. The summed E-state index contributed by atoms with van der Waals surface area (Å²) in [6.07, 6.45) is 0. The number of carbonyl (C=O) groups is 2. The molecule has 0 spiro atoms. The number of rotatable bonds is 4. The highest BCUT2D eigenvalue weighted by atomic mass is 16.4. The minimum absolute atomic E-state index is 0.313. The van der Waals surface area contributed by atoms with Crippen LogP contribution >= 0.6 is 0 Å². The van der Waals surface area contributed by atoms with Gasteiger partial charge in [0.25, 0.3) is 0 Å². The summed E-state index contributed by atoms with van der Waals surface area (Å²) in [7, 11) is 0. The maximum absolute atomic E-state index is 9.73. The van der Waals surface area contributed by atoms with Crippen molar-refractivity contribution in [3.05, 3.63) is 0 Å². The summed E-state index contributed by atoms with van der Waals surface area (Å²) in [6.45, 7) is 2.23. The number of nitrogens with one attached hydrogen (secondary N) is 1. The summed E-state index contributed by atoms with van der Waals surface area (Å²) in [6, 6.07) is 3.50. The summed E-state index contributed by atoms with van der Waals surface area (Å²) in [4.78, 5) is 19.5. The zero-order chi connectivity index (χ0) is 12.7. The molecule has 3 N–H and O–H groups in total. The highest BCUT2D eigenvalue weighted by Gasteiger charge is 1.97. The van der Waals surface area contributed by atoms with E-state index in [-0.39, 0.29) is 13.1 Å². The molecule has 84 valence electrons. The number of hydrogen-bond acceptors (Lipinski definition) is 5. The molecule has 0 radical (unpaired) electrons. The monoisotopic (exact) mass is 215 g/mol. The van der Waals surface area contributed by atoms with Crippen LogP contribution in [0, 0.1) is 22.7 Å². The fourth-order valence-corrected chi connectivity index (χ4v) is 0.276. The molecular weight excluding hydrogens is 202 g/mol. The SMILES string of the molecule is CC#N.CC#N.O=C(O)CNCC(=O)O. The van der Waals surface area contributed by atoms with Crippen LogP contribution in [0.1, 0.15) is 13.8 Å². The van der Waals surface area contributed by atoms with E-state index in [0.717, 1.165) is 0 Å². The normalized spacial score (nSPS) is 6.40. The highest BCUT2D eigenvalue weighted by molar-refractivity contribution is 5.72. The molecular formula is C8H13N3O4. The van der Waals surface area contributed by atoms with Crippen molar-refractivity contribution in [3.8, 4) is 12.1 Å². The van der Waals surface area contributed by atoms with E-state index in [1.54, 1.807) is 12.1 Å². The first kappa shape index (κ1) is 18.6. The Morgan fingerprint density at radius 1 is 1.07 bits per heavy atom. The fraction of sp³-hybridized carbons (Fsp3) is 0.500. The standard InChI is InChI=1S/C4H7NO4.2C2H3N/c6-3(7)1-5-2-4(8)9;2*1-2-3/h5H,1-2H2,(H,6,7)(H,8,9);2*1H3. The molecule has 0 aromatic heterocycles. The minimum atomic E-state index is -1.06. The zero-order valence-electron chi connectivity index (χ0n) is 8.52. The van der Waals surface area contributed by atoms with Crippen molar-refractivity contribution in [2.75, 3.05) is 13.1 Å². The first-order valence-corrected chi connectivity index (χ1v) is 3.72. The van der Waals surface area contributed by atoms with E-state index in [1.165, 1.54) is 13.8 Å². The molecule has 7 heteroatoms. The number of carboxylic acid groups (broad SMARTS) is 2. The van der Waals surface area contributed by atoms with Crippen LogP contribution in [0.2, 0.25) is 0 Å². The van der Waals surface area contributed by atoms with Gasteiger partial charge in [-0.25, -0.2) is 0 Å². The molecule has 0 heterocycles. The largest absolute Gasteiger partial charge is 0.480 e. The van der Waals surface area contributed by atoms with Gasteiger partial charge in [-0.3, -0.25) is 14.9 Å². The second-order valence-electron chi connectivity index (χ2n) is 1.84. The minimum Gasteiger partial charge on any atom is -0.480 e. The van der Waals surface area contributed by atoms with Gasteiger partial charge in [-0.15, -0.1) is 0 Å². The van der Waals surface area contributed by atoms with Gasteiger partial charge < -0.3 is 10.2 Å². The molecule has 7 nitrogen and oxygen atoms in total. The maximum atomic E-state index is 9.73. The molecule has 0 rings (SSSR count). The van der Waals surface area contributed by atoms with Crippen molar-refractivity contribution in [2.24, 2.45) is 0 Å². The Balaban J connectivity index is -0.000000200. The van der Waals surface area contributed by atoms with E-state index in [4.69, 9.17) is 20.7 Å². The van der Waals surface area contributed by atoms with Crippen molar-refractivity contribution in [3.63, 3.8) is 0 Å². The second-order valence-corrected chi connectivity index (χ2v) is 1.84. The van der Waals surface area contributed by atoms with Crippen molar-refractivity contribution in [1.29, 1.82) is 10.5 Å². The molecule has 0 bridgehead atoms. The van der Waals surface area contributed by atoms with E-state index in [9.17, 15) is 9.59 Å². The van der Waals surface area contributed by atoms with Crippen LogP contribution in [-0.4, -0.2) is 35.2 Å². The smallest absolute Gasteiger partial charge is 0.317 e. The third-order valence-electron chi connectivity index (χ3n) is 0.552. The molecule has 0 aliphatic heterocycles. The van der Waals surface area contributed by atoms with Gasteiger partial charge in [-0.1, -0.05) is 0 Å². The molecule has 0 aliphatic carbocycles. The van der Waals surface area contributed by atoms with Gasteiger partial charge >= 0.3 is 11.9 Å². The van der Waals surface area contributed by atoms with Crippen molar-refractivity contribution < 1.29 is 19.8 Å². The number of carboxylic acids is 2. The van der Waals surface area contributed by atoms with Crippen LogP contribution in [-0.2, 0) is 9.59 Å². The number of hydrogen-bond donors (Lipinski definition) is 3. The quantitative estimate of drug-likeness (QED) is 0.591. The Morgan fingerprint density at radius 2 is 1.27 bits per heavy atom. The first-order chi connectivity index (χ1) is 6.95. The summed E-state index contributed by atoms with van der Waals surface area (Å²) < 4.78 is 0. The predicted molar refractivity (Wildman–Crippen MR) is 50.7 cm³/mol. The number of aliphatic carboxylic acids is 2. The van der Waals surface area contributed by atoms with Gasteiger partial charge in [0.1, 0.15) is 0 Å². The first-order valence-electron chi connectivity index (χ1n) is 3.72. The van der Waals surface area contributed by atoms with E-state index < -0.39 is 11.9 Å². The van der Waals surface area contributed by atoms with Gasteiger partial charge in [0.05, 0.1) is 25.2 Å². The van der Waals surface area contributed by atoms with E-state index >= 15 is 0 Å². The molecule has 0 aromatic rings. The van der Waals surface area contributed by atoms with Crippen LogP contribution in [0.15, 0.2) is 0 Å². The lowest BCUT2D eigenvalue weighted by Crippen LogP contribution is -2.27. The Hall–Kier alpha value is -2.12. The summed E-state index contributed by atoms with van der Waals surface area (Å²) in [5.41, 5.74) is 0. The van der Waals surface area contributed by atoms with Crippen LogP contribution in [0.5, 0.6) is 0 Å². The lowest BCUT2D eigenvalue weighted by molar-refractivity contribution is -0.137. The molecule has 0 aliphatic rings.